The van der Waals surface area contributed by atoms with E-state index in [9.17, 15) is 10.1 Å². The van der Waals surface area contributed by atoms with Gasteiger partial charge < -0.3 is 5.32 Å². The quantitative estimate of drug-likeness (QED) is 0.380. The molecule has 1 aromatic carbocycles. The van der Waals surface area contributed by atoms with Gasteiger partial charge in [0.1, 0.15) is 5.56 Å². The van der Waals surface area contributed by atoms with Gasteiger partial charge in [0.25, 0.3) is 5.69 Å². The minimum Gasteiger partial charge on any atom is -0.319 e. The van der Waals surface area contributed by atoms with Gasteiger partial charge in [-0.3, -0.25) is 10.1 Å². The van der Waals surface area contributed by atoms with Crippen molar-refractivity contribution in [1.29, 1.82) is 0 Å². The van der Waals surface area contributed by atoms with Crippen molar-refractivity contribution in [3.8, 4) is 11.8 Å². The number of hydrogen-bond acceptors (Lipinski definition) is 3. The number of nitro groups is 1. The summed E-state index contributed by atoms with van der Waals surface area (Å²) in [6.45, 7) is 0.758. The molecule has 0 radical (unpaired) electrons. The van der Waals surface area contributed by atoms with Crippen LogP contribution in [0.2, 0.25) is 5.02 Å². The fourth-order valence-corrected chi connectivity index (χ4v) is 1.27. The van der Waals surface area contributed by atoms with Gasteiger partial charge >= 0.3 is 0 Å². The summed E-state index contributed by atoms with van der Waals surface area (Å²) >= 11 is 5.68. The Balaban J connectivity index is 2.93. The highest BCUT2D eigenvalue weighted by Gasteiger charge is 2.11. The van der Waals surface area contributed by atoms with Crippen molar-refractivity contribution in [2.24, 2.45) is 0 Å². The lowest BCUT2D eigenvalue weighted by atomic mass is 10.2. The van der Waals surface area contributed by atoms with Crippen molar-refractivity contribution in [3.05, 3.63) is 38.9 Å². The molecule has 1 N–H and O–H groups in total. The van der Waals surface area contributed by atoms with Crippen LogP contribution in [-0.4, -0.2) is 18.5 Å². The van der Waals surface area contributed by atoms with Crippen LogP contribution in [0, 0.1) is 22.0 Å². The Bertz CT molecular complexity index is 449. The van der Waals surface area contributed by atoms with Gasteiger partial charge in [-0.2, -0.15) is 0 Å². The molecule has 0 unspecified atom stereocenters. The summed E-state index contributed by atoms with van der Waals surface area (Å²) in [5.41, 5.74) is 0.343. The Morgan fingerprint density at radius 1 is 1.56 bits per heavy atom. The predicted molar refractivity (Wildman–Crippen MR) is 63.5 cm³/mol. The molecule has 0 bridgehead atoms. The van der Waals surface area contributed by atoms with Gasteiger partial charge in [-0.15, -0.1) is 0 Å². The molecule has 0 amide bonds. The zero-order valence-electron chi connectivity index (χ0n) is 8.79. The third-order valence-electron chi connectivity index (χ3n) is 1.88. The first-order valence-electron chi connectivity index (χ1n) is 4.72. The van der Waals surface area contributed by atoms with Crippen LogP contribution in [0.5, 0.6) is 0 Å². The second kappa shape index (κ2) is 6.11. The van der Waals surface area contributed by atoms with Crippen LogP contribution >= 0.6 is 11.6 Å². The van der Waals surface area contributed by atoms with E-state index in [0.29, 0.717) is 17.0 Å². The highest BCUT2D eigenvalue weighted by molar-refractivity contribution is 6.30. The van der Waals surface area contributed by atoms with Crippen molar-refractivity contribution in [2.75, 3.05) is 13.6 Å². The van der Waals surface area contributed by atoms with Gasteiger partial charge in [-0.05, 0) is 19.2 Å². The first-order chi connectivity index (χ1) is 7.65. The Morgan fingerprint density at radius 3 is 2.94 bits per heavy atom. The average molecular weight is 239 g/mol. The van der Waals surface area contributed by atoms with Crippen LogP contribution in [0.1, 0.15) is 12.0 Å². The van der Waals surface area contributed by atoms with Crippen LogP contribution < -0.4 is 5.32 Å². The van der Waals surface area contributed by atoms with Crippen LogP contribution in [0.4, 0.5) is 5.69 Å². The van der Waals surface area contributed by atoms with E-state index in [0.717, 1.165) is 6.54 Å². The van der Waals surface area contributed by atoms with E-state index in [1.165, 1.54) is 6.07 Å². The van der Waals surface area contributed by atoms with Crippen LogP contribution in [0.3, 0.4) is 0 Å². The normalized spacial score (nSPS) is 9.38. The van der Waals surface area contributed by atoms with E-state index in [2.05, 4.69) is 17.2 Å². The maximum absolute atomic E-state index is 10.7. The first kappa shape index (κ1) is 12.5. The lowest BCUT2D eigenvalue weighted by Gasteiger charge is -1.96. The summed E-state index contributed by atoms with van der Waals surface area (Å²) < 4.78 is 0. The molecule has 1 aromatic rings. The number of rotatable bonds is 3. The molecule has 0 aliphatic carbocycles. The second-order valence-corrected chi connectivity index (χ2v) is 3.51. The van der Waals surface area contributed by atoms with Crippen molar-refractivity contribution in [1.82, 2.24) is 5.32 Å². The monoisotopic (exact) mass is 238 g/mol. The molecule has 0 saturated carbocycles. The molecule has 0 aliphatic heterocycles. The van der Waals surface area contributed by atoms with Gasteiger partial charge in [0, 0.05) is 24.1 Å². The van der Waals surface area contributed by atoms with Crippen LogP contribution in [-0.2, 0) is 0 Å². The highest BCUT2D eigenvalue weighted by atomic mass is 35.5. The third kappa shape index (κ3) is 3.54. The number of benzene rings is 1. The van der Waals surface area contributed by atoms with E-state index in [1.54, 1.807) is 12.1 Å². The Labute approximate surface area is 98.8 Å². The Kier molecular flexibility index (Phi) is 4.77. The smallest absolute Gasteiger partial charge is 0.286 e. The minimum absolute atomic E-state index is 0.0514. The molecule has 1 rings (SSSR count). The van der Waals surface area contributed by atoms with Gasteiger partial charge in [-0.1, -0.05) is 23.4 Å². The maximum atomic E-state index is 10.7. The van der Waals surface area contributed by atoms with Gasteiger partial charge in [-0.25, -0.2) is 0 Å². The molecule has 16 heavy (non-hydrogen) atoms. The summed E-state index contributed by atoms with van der Waals surface area (Å²) in [6, 6.07) is 4.47. The molecule has 0 aromatic heterocycles. The molecule has 0 atom stereocenters. The summed E-state index contributed by atoms with van der Waals surface area (Å²) in [4.78, 5) is 10.3. The molecule has 0 spiro atoms. The van der Waals surface area contributed by atoms with Crippen molar-refractivity contribution >= 4 is 17.3 Å². The predicted octanol–water partition coefficient (Wildman–Crippen LogP) is 2.21. The molecular weight excluding hydrogens is 228 g/mol. The van der Waals surface area contributed by atoms with E-state index in [1.807, 2.05) is 7.05 Å². The number of hydrogen-bond donors (Lipinski definition) is 1. The molecular formula is C11H11ClN2O2. The van der Waals surface area contributed by atoms with Crippen LogP contribution in [0.15, 0.2) is 18.2 Å². The van der Waals surface area contributed by atoms with Crippen molar-refractivity contribution in [2.45, 2.75) is 6.42 Å². The highest BCUT2D eigenvalue weighted by Crippen LogP contribution is 2.22. The van der Waals surface area contributed by atoms with E-state index < -0.39 is 4.92 Å². The standard InChI is InChI=1S/C11H11ClN2O2/c1-13-7-3-2-4-9-5-6-10(12)8-11(9)14(15)16/h5-6,8,13H,3,7H2,1H3. The summed E-state index contributed by atoms with van der Waals surface area (Å²) in [7, 11) is 1.83. The van der Waals surface area contributed by atoms with E-state index in [-0.39, 0.29) is 5.69 Å². The van der Waals surface area contributed by atoms with Gasteiger partial charge in [0.15, 0.2) is 0 Å². The lowest BCUT2D eigenvalue weighted by molar-refractivity contribution is -0.385. The topological polar surface area (TPSA) is 55.2 Å². The third-order valence-corrected chi connectivity index (χ3v) is 2.11. The van der Waals surface area contributed by atoms with Crippen molar-refractivity contribution < 1.29 is 4.92 Å². The lowest BCUT2D eigenvalue weighted by Crippen LogP contribution is -2.05. The fourth-order valence-electron chi connectivity index (χ4n) is 1.11. The Morgan fingerprint density at radius 2 is 2.31 bits per heavy atom. The first-order valence-corrected chi connectivity index (χ1v) is 5.10. The summed E-state index contributed by atoms with van der Waals surface area (Å²) in [5.74, 6) is 5.62. The van der Waals surface area contributed by atoms with Gasteiger partial charge in [0.05, 0.1) is 4.92 Å². The zero-order chi connectivity index (χ0) is 12.0. The minimum atomic E-state index is -0.478. The number of halogens is 1. The van der Waals surface area contributed by atoms with Crippen LogP contribution in [0.25, 0.3) is 0 Å². The summed E-state index contributed by atoms with van der Waals surface area (Å²) in [6.07, 6.45) is 0.649. The fraction of sp³-hybridized carbons (Fsp3) is 0.273. The van der Waals surface area contributed by atoms with E-state index in [4.69, 9.17) is 11.6 Å². The summed E-state index contributed by atoms with van der Waals surface area (Å²) in [5, 5.41) is 14.0. The SMILES string of the molecule is CNCCC#Cc1ccc(Cl)cc1[N+](=O)[O-]. The Hall–Kier alpha value is -1.57. The maximum Gasteiger partial charge on any atom is 0.286 e. The number of nitrogens with zero attached hydrogens (tertiary/aromatic N) is 1. The van der Waals surface area contributed by atoms with Gasteiger partial charge in [0.2, 0.25) is 0 Å². The molecule has 0 fully saturated rings. The number of nitrogens with one attached hydrogen (secondary N) is 1. The molecule has 0 aliphatic rings. The van der Waals surface area contributed by atoms with E-state index >= 15 is 0 Å². The molecule has 5 heteroatoms. The molecule has 0 heterocycles. The number of nitro benzene ring substituents is 1. The molecule has 84 valence electrons. The average Bonchev–Trinajstić information content (AvgIpc) is 2.26. The molecule has 0 saturated heterocycles. The zero-order valence-corrected chi connectivity index (χ0v) is 9.54. The van der Waals surface area contributed by atoms with Crippen molar-refractivity contribution in [3.63, 3.8) is 0 Å². The molecule has 4 nitrogen and oxygen atoms in total. The largest absolute Gasteiger partial charge is 0.319 e. The second-order valence-electron chi connectivity index (χ2n) is 3.07.